The van der Waals surface area contributed by atoms with E-state index in [2.05, 4.69) is 17.0 Å². The fourth-order valence-corrected chi connectivity index (χ4v) is 3.74. The number of nitrogens with zero attached hydrogens (tertiary/aromatic N) is 1. The predicted molar refractivity (Wildman–Crippen MR) is 91.2 cm³/mol. The van der Waals surface area contributed by atoms with Gasteiger partial charge in [-0.1, -0.05) is 36.4 Å². The van der Waals surface area contributed by atoms with E-state index in [4.69, 9.17) is 9.47 Å². The number of methoxy groups -OCH3 is 2. The Balaban J connectivity index is 1.82. The van der Waals surface area contributed by atoms with Crippen LogP contribution in [0.4, 0.5) is 0 Å². The third-order valence-corrected chi connectivity index (χ3v) is 4.80. The highest BCUT2D eigenvalue weighted by molar-refractivity contribution is 5.98. The Kier molecular flexibility index (Phi) is 3.62. The SMILES string of the molecule is COc1cc(OC)c2c(c1)[C@H]1C(=O)C=C[C@@H]2N1Cc1ccccc1. The van der Waals surface area contributed by atoms with Gasteiger partial charge in [0.05, 0.1) is 26.3 Å². The zero-order chi connectivity index (χ0) is 16.7. The van der Waals surface area contributed by atoms with Crippen LogP contribution in [0.2, 0.25) is 0 Å². The number of ether oxygens (including phenoxy) is 2. The number of ketones is 1. The molecule has 2 aromatic rings. The number of fused-ring (bicyclic) bond motifs is 5. The second-order valence-electron chi connectivity index (χ2n) is 6.10. The van der Waals surface area contributed by atoms with E-state index < -0.39 is 0 Å². The first-order valence-corrected chi connectivity index (χ1v) is 8.00. The van der Waals surface area contributed by atoms with E-state index in [1.54, 1.807) is 20.3 Å². The molecular formula is C20H19NO3. The number of benzene rings is 2. The van der Waals surface area contributed by atoms with Crippen molar-refractivity contribution in [1.29, 1.82) is 0 Å². The monoisotopic (exact) mass is 321 g/mol. The van der Waals surface area contributed by atoms with Crippen molar-refractivity contribution >= 4 is 5.78 Å². The van der Waals surface area contributed by atoms with Crippen molar-refractivity contribution in [2.75, 3.05) is 14.2 Å². The van der Waals surface area contributed by atoms with Gasteiger partial charge in [0.25, 0.3) is 0 Å². The van der Waals surface area contributed by atoms with Gasteiger partial charge >= 0.3 is 0 Å². The van der Waals surface area contributed by atoms with Gasteiger partial charge in [0, 0.05) is 18.2 Å². The number of carbonyl (C=O) groups is 1. The first kappa shape index (κ1) is 15.0. The summed E-state index contributed by atoms with van der Waals surface area (Å²) in [5.41, 5.74) is 3.25. The number of carbonyl (C=O) groups excluding carboxylic acids is 1. The molecule has 0 spiro atoms. The van der Waals surface area contributed by atoms with E-state index in [0.29, 0.717) is 12.3 Å². The predicted octanol–water partition coefficient (Wildman–Crippen LogP) is 3.44. The van der Waals surface area contributed by atoms with Crippen LogP contribution in [0, 0.1) is 0 Å². The summed E-state index contributed by atoms with van der Waals surface area (Å²) in [6.07, 6.45) is 3.67. The van der Waals surface area contributed by atoms with E-state index in [-0.39, 0.29) is 17.9 Å². The molecule has 0 aliphatic carbocycles. The summed E-state index contributed by atoms with van der Waals surface area (Å²) in [6, 6.07) is 13.8. The van der Waals surface area contributed by atoms with Gasteiger partial charge in [-0.25, -0.2) is 0 Å². The van der Waals surface area contributed by atoms with Crippen LogP contribution in [0.3, 0.4) is 0 Å². The van der Waals surface area contributed by atoms with E-state index >= 15 is 0 Å². The van der Waals surface area contributed by atoms with Gasteiger partial charge in [0.2, 0.25) is 0 Å². The number of hydrogen-bond donors (Lipinski definition) is 0. The van der Waals surface area contributed by atoms with E-state index in [9.17, 15) is 4.79 Å². The normalized spacial score (nSPS) is 21.7. The van der Waals surface area contributed by atoms with Crippen molar-refractivity contribution in [2.45, 2.75) is 18.6 Å². The van der Waals surface area contributed by atoms with Gasteiger partial charge in [-0.15, -0.1) is 0 Å². The lowest BCUT2D eigenvalue weighted by Gasteiger charge is -2.30. The maximum Gasteiger partial charge on any atom is 0.177 e. The van der Waals surface area contributed by atoms with Crippen LogP contribution in [-0.2, 0) is 11.3 Å². The number of rotatable bonds is 4. The van der Waals surface area contributed by atoms with Crippen LogP contribution in [0.5, 0.6) is 11.5 Å². The summed E-state index contributed by atoms with van der Waals surface area (Å²) >= 11 is 0. The smallest absolute Gasteiger partial charge is 0.177 e. The Morgan fingerprint density at radius 1 is 1.08 bits per heavy atom. The number of hydrogen-bond acceptors (Lipinski definition) is 4. The molecule has 2 bridgehead atoms. The molecule has 0 radical (unpaired) electrons. The molecule has 0 unspecified atom stereocenters. The van der Waals surface area contributed by atoms with Crippen LogP contribution in [0.15, 0.2) is 54.6 Å². The first-order valence-electron chi connectivity index (χ1n) is 8.00. The topological polar surface area (TPSA) is 38.8 Å². The van der Waals surface area contributed by atoms with Gasteiger partial charge in [-0.05, 0) is 23.3 Å². The van der Waals surface area contributed by atoms with Gasteiger partial charge in [-0.3, -0.25) is 9.69 Å². The molecule has 4 nitrogen and oxygen atoms in total. The van der Waals surface area contributed by atoms with Gasteiger partial charge in [0.1, 0.15) is 11.5 Å². The van der Waals surface area contributed by atoms with Crippen molar-refractivity contribution in [1.82, 2.24) is 4.90 Å². The lowest BCUT2D eigenvalue weighted by Crippen LogP contribution is -2.32. The molecule has 4 rings (SSSR count). The van der Waals surface area contributed by atoms with E-state index in [1.807, 2.05) is 36.4 Å². The lowest BCUT2D eigenvalue weighted by atomic mass is 10.0. The van der Waals surface area contributed by atoms with E-state index in [1.165, 1.54) is 5.56 Å². The highest BCUT2D eigenvalue weighted by atomic mass is 16.5. The van der Waals surface area contributed by atoms with Crippen molar-refractivity contribution < 1.29 is 14.3 Å². The molecule has 122 valence electrons. The Morgan fingerprint density at radius 3 is 2.58 bits per heavy atom. The minimum absolute atomic E-state index is 0.0452. The summed E-state index contributed by atoms with van der Waals surface area (Å²) in [7, 11) is 3.29. The van der Waals surface area contributed by atoms with Crippen molar-refractivity contribution in [3.63, 3.8) is 0 Å². The summed E-state index contributed by atoms with van der Waals surface area (Å²) in [4.78, 5) is 14.8. The van der Waals surface area contributed by atoms with Gasteiger partial charge in [0.15, 0.2) is 5.78 Å². The molecule has 2 atom stereocenters. The maximum atomic E-state index is 12.6. The van der Waals surface area contributed by atoms with Crippen LogP contribution in [-0.4, -0.2) is 24.9 Å². The lowest BCUT2D eigenvalue weighted by molar-refractivity contribution is -0.120. The average molecular weight is 321 g/mol. The van der Waals surface area contributed by atoms with Crippen LogP contribution in [0.25, 0.3) is 0 Å². The minimum Gasteiger partial charge on any atom is -0.497 e. The highest BCUT2D eigenvalue weighted by Crippen LogP contribution is 2.51. The summed E-state index contributed by atoms with van der Waals surface area (Å²) < 4.78 is 11.0. The Labute approximate surface area is 141 Å². The van der Waals surface area contributed by atoms with Crippen LogP contribution in [0.1, 0.15) is 28.8 Å². The summed E-state index contributed by atoms with van der Waals surface area (Å²) in [5.74, 6) is 1.59. The highest BCUT2D eigenvalue weighted by Gasteiger charge is 2.45. The average Bonchev–Trinajstić information content (AvgIpc) is 2.84. The molecular weight excluding hydrogens is 302 g/mol. The molecule has 2 aromatic carbocycles. The molecule has 0 N–H and O–H groups in total. The zero-order valence-corrected chi connectivity index (χ0v) is 13.7. The summed E-state index contributed by atoms with van der Waals surface area (Å²) in [5, 5.41) is 0. The van der Waals surface area contributed by atoms with Crippen molar-refractivity contribution in [3.8, 4) is 11.5 Å². The van der Waals surface area contributed by atoms with Gasteiger partial charge in [-0.2, -0.15) is 0 Å². The third-order valence-electron chi connectivity index (χ3n) is 4.80. The van der Waals surface area contributed by atoms with Crippen molar-refractivity contribution in [3.05, 3.63) is 71.3 Å². The van der Waals surface area contributed by atoms with Crippen LogP contribution < -0.4 is 9.47 Å². The summed E-state index contributed by atoms with van der Waals surface area (Å²) in [6.45, 7) is 0.715. The maximum absolute atomic E-state index is 12.6. The molecule has 0 amide bonds. The van der Waals surface area contributed by atoms with E-state index in [0.717, 1.165) is 16.9 Å². The minimum atomic E-state index is -0.279. The largest absolute Gasteiger partial charge is 0.497 e. The molecule has 2 heterocycles. The van der Waals surface area contributed by atoms with Crippen LogP contribution >= 0.6 is 0 Å². The molecule has 0 saturated heterocycles. The fraction of sp³-hybridized carbons (Fsp3) is 0.250. The molecule has 0 saturated carbocycles. The zero-order valence-electron chi connectivity index (χ0n) is 13.7. The van der Waals surface area contributed by atoms with Gasteiger partial charge < -0.3 is 9.47 Å². The molecule has 2 aliphatic rings. The fourth-order valence-electron chi connectivity index (χ4n) is 3.74. The molecule has 2 aliphatic heterocycles. The Morgan fingerprint density at radius 2 is 1.88 bits per heavy atom. The van der Waals surface area contributed by atoms with Crippen molar-refractivity contribution in [2.24, 2.45) is 0 Å². The quantitative estimate of drug-likeness (QED) is 0.865. The second kappa shape index (κ2) is 5.80. The molecule has 24 heavy (non-hydrogen) atoms. The molecule has 0 fully saturated rings. The standard InChI is InChI=1S/C20H19NO3/c1-23-14-10-15-19(18(11-14)24-2)16-8-9-17(22)20(15)21(16)12-13-6-4-3-5-7-13/h3-11,16,20H,12H2,1-2H3/t16-,20-/m0/s1. The Bertz CT molecular complexity index is 813. The third kappa shape index (κ3) is 2.22. The molecule has 0 aromatic heterocycles. The Hall–Kier alpha value is -2.59. The molecule has 4 heteroatoms. The first-order chi connectivity index (χ1) is 11.7. The second-order valence-corrected chi connectivity index (χ2v) is 6.10.